The van der Waals surface area contributed by atoms with Crippen molar-refractivity contribution < 1.29 is 9.59 Å². The first kappa shape index (κ1) is 10.1. The van der Waals surface area contributed by atoms with Crippen molar-refractivity contribution >= 4 is 11.7 Å². The minimum Gasteiger partial charge on any atom is -0.335 e. The first-order valence-corrected chi connectivity index (χ1v) is 7.06. The highest BCUT2D eigenvalue weighted by Gasteiger charge is 2.68. The Morgan fingerprint density at radius 3 is 2.53 bits per heavy atom. The van der Waals surface area contributed by atoms with Crippen LogP contribution in [-0.2, 0) is 9.59 Å². The van der Waals surface area contributed by atoms with Crippen LogP contribution in [0.3, 0.4) is 0 Å². The van der Waals surface area contributed by atoms with Crippen LogP contribution in [0.2, 0.25) is 0 Å². The average molecular weight is 233 g/mol. The maximum absolute atomic E-state index is 12.4. The summed E-state index contributed by atoms with van der Waals surface area (Å²) in [5.74, 6) is 3.98. The summed E-state index contributed by atoms with van der Waals surface area (Å²) >= 11 is 0. The quantitative estimate of drug-likeness (QED) is 0.688. The molecule has 0 aromatic rings. The summed E-state index contributed by atoms with van der Waals surface area (Å²) < 4.78 is 0. The molecule has 4 rings (SSSR count). The number of nitrogens with zero attached hydrogens (tertiary/aromatic N) is 1. The summed E-state index contributed by atoms with van der Waals surface area (Å²) in [6, 6.07) is 0. The Morgan fingerprint density at radius 2 is 1.88 bits per heavy atom. The van der Waals surface area contributed by atoms with Crippen LogP contribution in [0.25, 0.3) is 0 Å². The molecule has 4 fully saturated rings. The van der Waals surface area contributed by atoms with Crippen molar-refractivity contribution in [2.75, 3.05) is 13.1 Å². The number of Topliss-reactive ketones (excluding diaryl/α,β-unsaturated/α-hetero) is 1. The van der Waals surface area contributed by atoms with Gasteiger partial charge in [-0.3, -0.25) is 9.59 Å². The number of hydrogen-bond acceptors (Lipinski definition) is 2. The minimum absolute atomic E-state index is 0.249. The maximum Gasteiger partial charge on any atom is 0.226 e. The molecule has 1 saturated heterocycles. The van der Waals surface area contributed by atoms with E-state index in [0.29, 0.717) is 36.6 Å². The molecule has 3 saturated carbocycles. The Hall–Kier alpha value is -0.860. The summed E-state index contributed by atoms with van der Waals surface area (Å²) in [5, 5.41) is 0. The molecule has 0 N–H and O–H groups in total. The van der Waals surface area contributed by atoms with Crippen molar-refractivity contribution in [3.63, 3.8) is 0 Å². The smallest absolute Gasteiger partial charge is 0.226 e. The summed E-state index contributed by atoms with van der Waals surface area (Å²) in [6.45, 7) is 1.21. The van der Waals surface area contributed by atoms with Crippen molar-refractivity contribution in [1.29, 1.82) is 0 Å². The van der Waals surface area contributed by atoms with Crippen LogP contribution in [0.4, 0.5) is 0 Å². The van der Waals surface area contributed by atoms with E-state index in [1.54, 1.807) is 0 Å². The van der Waals surface area contributed by atoms with Gasteiger partial charge in [0, 0.05) is 18.9 Å². The van der Waals surface area contributed by atoms with Gasteiger partial charge >= 0.3 is 0 Å². The summed E-state index contributed by atoms with van der Waals surface area (Å²) in [4.78, 5) is 25.7. The summed E-state index contributed by atoms with van der Waals surface area (Å²) in [5.41, 5.74) is 0. The third-order valence-corrected chi connectivity index (χ3v) is 5.58. The van der Waals surface area contributed by atoms with Gasteiger partial charge in [-0.1, -0.05) is 0 Å². The van der Waals surface area contributed by atoms with Crippen LogP contribution >= 0.6 is 0 Å². The van der Waals surface area contributed by atoms with Crippen LogP contribution in [0.1, 0.15) is 32.1 Å². The van der Waals surface area contributed by atoms with Gasteiger partial charge in [-0.2, -0.15) is 0 Å². The van der Waals surface area contributed by atoms with Gasteiger partial charge in [0.05, 0.1) is 6.54 Å². The third kappa shape index (κ3) is 1.34. The van der Waals surface area contributed by atoms with Crippen molar-refractivity contribution in [3.8, 4) is 0 Å². The van der Waals surface area contributed by atoms with Crippen LogP contribution in [0, 0.1) is 29.6 Å². The van der Waals surface area contributed by atoms with E-state index in [-0.39, 0.29) is 5.78 Å². The molecule has 4 aliphatic rings. The van der Waals surface area contributed by atoms with E-state index in [2.05, 4.69) is 0 Å². The van der Waals surface area contributed by atoms with E-state index in [1.165, 1.54) is 19.3 Å². The predicted octanol–water partition coefficient (Wildman–Crippen LogP) is 1.47. The van der Waals surface area contributed by atoms with Gasteiger partial charge < -0.3 is 4.90 Å². The van der Waals surface area contributed by atoms with E-state index < -0.39 is 0 Å². The van der Waals surface area contributed by atoms with Crippen LogP contribution in [-0.4, -0.2) is 29.7 Å². The van der Waals surface area contributed by atoms with Crippen molar-refractivity contribution in [2.24, 2.45) is 29.6 Å². The molecule has 0 aromatic carbocycles. The normalized spacial score (nSPS) is 47.2. The van der Waals surface area contributed by atoms with Crippen LogP contribution < -0.4 is 0 Å². The molecular weight excluding hydrogens is 214 g/mol. The molecule has 1 amide bonds. The van der Waals surface area contributed by atoms with E-state index in [0.717, 1.165) is 24.8 Å². The lowest BCUT2D eigenvalue weighted by atomic mass is 10.0. The van der Waals surface area contributed by atoms with Crippen molar-refractivity contribution in [1.82, 2.24) is 4.90 Å². The summed E-state index contributed by atoms with van der Waals surface area (Å²) in [7, 11) is 0. The number of hydrogen-bond donors (Lipinski definition) is 0. The van der Waals surface area contributed by atoms with E-state index in [4.69, 9.17) is 0 Å². The predicted molar refractivity (Wildman–Crippen MR) is 62.1 cm³/mol. The van der Waals surface area contributed by atoms with E-state index in [9.17, 15) is 9.59 Å². The van der Waals surface area contributed by atoms with Gasteiger partial charge in [-0.05, 0) is 49.4 Å². The zero-order chi connectivity index (χ0) is 11.6. The molecule has 17 heavy (non-hydrogen) atoms. The lowest BCUT2D eigenvalue weighted by Gasteiger charge is -2.27. The molecule has 3 aliphatic carbocycles. The first-order chi connectivity index (χ1) is 8.25. The number of ketones is 1. The highest BCUT2D eigenvalue weighted by molar-refractivity contribution is 5.89. The fourth-order valence-electron chi connectivity index (χ4n) is 4.89. The van der Waals surface area contributed by atoms with Gasteiger partial charge in [0.15, 0.2) is 5.78 Å². The van der Waals surface area contributed by atoms with Gasteiger partial charge in [-0.25, -0.2) is 0 Å². The summed E-state index contributed by atoms with van der Waals surface area (Å²) in [6.07, 6.45) is 5.65. The number of fused-ring (bicyclic) bond motifs is 5. The molecule has 4 unspecified atom stereocenters. The molecule has 92 valence electrons. The zero-order valence-corrected chi connectivity index (χ0v) is 10.1. The second-order valence-corrected chi connectivity index (χ2v) is 6.42. The average Bonchev–Trinajstić information content (AvgIpc) is 2.76. The Bertz CT molecular complexity index is 376. The lowest BCUT2D eigenvalue weighted by molar-refractivity contribution is -0.139. The Kier molecular flexibility index (Phi) is 1.98. The number of carbonyl (C=O) groups is 2. The highest BCUT2D eigenvalue weighted by Crippen LogP contribution is 2.69. The zero-order valence-electron chi connectivity index (χ0n) is 10.1. The van der Waals surface area contributed by atoms with Crippen LogP contribution in [0.5, 0.6) is 0 Å². The minimum atomic E-state index is 0.249. The maximum atomic E-state index is 12.4. The molecule has 2 bridgehead atoms. The number of rotatable bonds is 1. The number of piperidine rings is 1. The molecule has 0 radical (unpaired) electrons. The lowest BCUT2D eigenvalue weighted by Crippen LogP contribution is -2.41. The fourth-order valence-corrected chi connectivity index (χ4v) is 4.89. The van der Waals surface area contributed by atoms with Gasteiger partial charge in [0.1, 0.15) is 0 Å². The largest absolute Gasteiger partial charge is 0.335 e. The topological polar surface area (TPSA) is 37.4 Å². The van der Waals surface area contributed by atoms with Gasteiger partial charge in [0.25, 0.3) is 0 Å². The highest BCUT2D eigenvalue weighted by atomic mass is 16.2. The Morgan fingerprint density at radius 1 is 1.18 bits per heavy atom. The second kappa shape index (κ2) is 3.33. The SMILES string of the molecule is O=C1CCCN(C(=O)C2C3C4CCC(C4)C23)C1. The first-order valence-electron chi connectivity index (χ1n) is 7.06. The van der Waals surface area contributed by atoms with Gasteiger partial charge in [0.2, 0.25) is 5.91 Å². The fraction of sp³-hybridized carbons (Fsp3) is 0.857. The second-order valence-electron chi connectivity index (χ2n) is 6.42. The molecule has 4 atom stereocenters. The number of likely N-dealkylation sites (tertiary alicyclic amines) is 1. The Labute approximate surface area is 102 Å². The molecular formula is C14H19NO2. The standard InChI is InChI=1S/C14H19NO2/c16-10-2-1-5-15(7-10)14(17)13-11-8-3-4-9(6-8)12(11)13/h8-9,11-13H,1-7H2. The Balaban J connectivity index is 1.47. The third-order valence-electron chi connectivity index (χ3n) is 5.58. The van der Waals surface area contributed by atoms with E-state index >= 15 is 0 Å². The molecule has 0 spiro atoms. The van der Waals surface area contributed by atoms with Crippen LogP contribution in [0.15, 0.2) is 0 Å². The molecule has 0 aromatic heterocycles. The van der Waals surface area contributed by atoms with E-state index in [1.807, 2.05) is 4.90 Å². The monoisotopic (exact) mass is 233 g/mol. The molecule has 3 heteroatoms. The molecule has 3 nitrogen and oxygen atoms in total. The van der Waals surface area contributed by atoms with Crippen molar-refractivity contribution in [3.05, 3.63) is 0 Å². The number of carbonyl (C=O) groups excluding carboxylic acids is 2. The van der Waals surface area contributed by atoms with Gasteiger partial charge in [-0.15, -0.1) is 0 Å². The van der Waals surface area contributed by atoms with Crippen molar-refractivity contribution in [2.45, 2.75) is 32.1 Å². The molecule has 1 heterocycles. The molecule has 1 aliphatic heterocycles. The number of amides is 1.